The van der Waals surface area contributed by atoms with Gasteiger partial charge in [-0.1, -0.05) is 24.3 Å². The van der Waals surface area contributed by atoms with E-state index in [2.05, 4.69) is 0 Å². The second kappa shape index (κ2) is 4.20. The molecule has 106 valence electrons. The minimum atomic E-state index is -3.65. The van der Waals surface area contributed by atoms with E-state index in [-0.39, 0.29) is 17.2 Å². The fourth-order valence-electron chi connectivity index (χ4n) is 2.45. The predicted molar refractivity (Wildman–Crippen MR) is 78.2 cm³/mol. The third-order valence-corrected chi connectivity index (χ3v) is 6.13. The summed E-state index contributed by atoms with van der Waals surface area (Å²) in [6, 6.07) is 10.4. The van der Waals surface area contributed by atoms with Gasteiger partial charge in [0.05, 0.1) is 16.3 Å². The fraction of sp³-hybridized carbons (Fsp3) is 0.231. The summed E-state index contributed by atoms with van der Waals surface area (Å²) in [5, 5.41) is 1.51. The van der Waals surface area contributed by atoms with Crippen LogP contribution in [0, 0.1) is 0 Å². The molecular formula is C13H13NO4S2. The zero-order valence-corrected chi connectivity index (χ0v) is 12.4. The second-order valence-corrected chi connectivity index (χ2v) is 8.93. The highest BCUT2D eigenvalue weighted by Gasteiger charge is 2.35. The van der Waals surface area contributed by atoms with Gasteiger partial charge in [0, 0.05) is 18.2 Å². The monoisotopic (exact) mass is 311 g/mol. The van der Waals surface area contributed by atoms with Crippen molar-refractivity contribution in [3.05, 3.63) is 36.4 Å². The van der Waals surface area contributed by atoms with Crippen LogP contribution in [0.1, 0.15) is 0 Å². The van der Waals surface area contributed by atoms with Gasteiger partial charge in [0.1, 0.15) is 9.84 Å². The van der Waals surface area contributed by atoms with Gasteiger partial charge >= 0.3 is 0 Å². The van der Waals surface area contributed by atoms with Crippen LogP contribution in [0.25, 0.3) is 10.8 Å². The number of anilines is 1. The number of nitrogens with zero attached hydrogens (tertiary/aromatic N) is 1. The second-order valence-electron chi connectivity index (χ2n) is 4.84. The molecule has 1 aliphatic heterocycles. The Morgan fingerprint density at radius 3 is 2.40 bits per heavy atom. The van der Waals surface area contributed by atoms with Crippen molar-refractivity contribution in [3.8, 4) is 0 Å². The Bertz CT molecular complexity index is 896. The SMILES string of the molecule is CS(=O)(=O)CCN1c2cccc3cccc(c23)S1(=O)=O. The molecule has 0 bridgehead atoms. The molecule has 0 atom stereocenters. The maximum absolute atomic E-state index is 12.5. The van der Waals surface area contributed by atoms with Gasteiger partial charge in [-0.15, -0.1) is 0 Å². The van der Waals surface area contributed by atoms with E-state index in [1.807, 2.05) is 12.1 Å². The van der Waals surface area contributed by atoms with Crippen molar-refractivity contribution in [3.63, 3.8) is 0 Å². The maximum atomic E-state index is 12.5. The molecular weight excluding hydrogens is 298 g/mol. The summed E-state index contributed by atoms with van der Waals surface area (Å²) in [6.07, 6.45) is 1.10. The van der Waals surface area contributed by atoms with E-state index in [9.17, 15) is 16.8 Å². The van der Waals surface area contributed by atoms with Gasteiger partial charge in [-0.25, -0.2) is 16.8 Å². The summed E-state index contributed by atoms with van der Waals surface area (Å²) in [4.78, 5) is 0.249. The summed E-state index contributed by atoms with van der Waals surface area (Å²) in [5.74, 6) is -0.198. The normalized spacial score (nSPS) is 16.8. The van der Waals surface area contributed by atoms with Crippen molar-refractivity contribution in [1.82, 2.24) is 0 Å². The molecule has 3 rings (SSSR count). The molecule has 0 unspecified atom stereocenters. The summed E-state index contributed by atoms with van der Waals surface area (Å²) in [5.41, 5.74) is 0.557. The lowest BCUT2D eigenvalue weighted by Crippen LogP contribution is -2.31. The van der Waals surface area contributed by atoms with Crippen molar-refractivity contribution in [2.24, 2.45) is 0 Å². The van der Waals surface area contributed by atoms with E-state index in [1.54, 1.807) is 24.3 Å². The zero-order chi connectivity index (χ0) is 14.5. The molecule has 0 saturated heterocycles. The smallest absolute Gasteiger partial charge is 0.265 e. The van der Waals surface area contributed by atoms with Crippen LogP contribution in [0.2, 0.25) is 0 Å². The van der Waals surface area contributed by atoms with Gasteiger partial charge < -0.3 is 0 Å². The van der Waals surface area contributed by atoms with Crippen LogP contribution in [0.15, 0.2) is 41.3 Å². The molecule has 2 aromatic carbocycles. The standard InChI is InChI=1S/C13H13NO4S2/c1-19(15,16)9-8-14-11-6-2-4-10-5-3-7-12(13(10)11)20(14,17)18/h2-7H,8-9H2,1H3. The minimum absolute atomic E-state index is 0.0606. The Hall–Kier alpha value is -1.60. The van der Waals surface area contributed by atoms with Crippen molar-refractivity contribution in [2.45, 2.75) is 4.90 Å². The van der Waals surface area contributed by atoms with Gasteiger partial charge in [-0.3, -0.25) is 4.31 Å². The predicted octanol–water partition coefficient (Wildman–Crippen LogP) is 1.39. The number of hydrogen-bond acceptors (Lipinski definition) is 4. The average molecular weight is 311 g/mol. The number of benzene rings is 2. The first kappa shape index (κ1) is 13.4. The molecule has 0 aromatic heterocycles. The first-order valence-corrected chi connectivity index (χ1v) is 9.53. The highest BCUT2D eigenvalue weighted by atomic mass is 32.2. The first-order chi connectivity index (χ1) is 9.31. The van der Waals surface area contributed by atoms with E-state index >= 15 is 0 Å². The topological polar surface area (TPSA) is 71.5 Å². The highest BCUT2D eigenvalue weighted by molar-refractivity contribution is 7.93. The molecule has 1 heterocycles. The Morgan fingerprint density at radius 1 is 1.10 bits per heavy atom. The largest absolute Gasteiger partial charge is 0.265 e. The van der Waals surface area contributed by atoms with Gasteiger partial charge in [-0.2, -0.15) is 0 Å². The molecule has 0 fully saturated rings. The molecule has 0 N–H and O–H groups in total. The number of sulfonamides is 1. The van der Waals surface area contributed by atoms with Gasteiger partial charge in [0.2, 0.25) is 0 Å². The van der Waals surface area contributed by atoms with Crippen molar-refractivity contribution in [1.29, 1.82) is 0 Å². The molecule has 0 spiro atoms. The van der Waals surface area contributed by atoms with Crippen LogP contribution in [0.3, 0.4) is 0 Å². The molecule has 2 aromatic rings. The number of sulfone groups is 1. The Balaban J connectivity index is 2.18. The summed E-state index contributed by atoms with van der Waals surface area (Å²) in [6.45, 7) is -0.0606. The van der Waals surface area contributed by atoms with E-state index in [4.69, 9.17) is 0 Å². The fourth-order valence-corrected chi connectivity index (χ4v) is 4.79. The number of rotatable bonds is 3. The molecule has 0 amide bonds. The zero-order valence-electron chi connectivity index (χ0n) is 10.8. The van der Waals surface area contributed by atoms with E-state index in [1.165, 1.54) is 4.31 Å². The summed E-state index contributed by atoms with van der Waals surface area (Å²) < 4.78 is 48.8. The molecule has 7 heteroatoms. The lowest BCUT2D eigenvalue weighted by atomic mass is 10.1. The third-order valence-electron chi connectivity index (χ3n) is 3.35. The average Bonchev–Trinajstić information content (AvgIpc) is 2.57. The lowest BCUT2D eigenvalue weighted by Gasteiger charge is -2.18. The minimum Gasteiger partial charge on any atom is -0.265 e. The van der Waals surface area contributed by atoms with Crippen LogP contribution in [0.4, 0.5) is 5.69 Å². The molecule has 0 radical (unpaired) electrons. The van der Waals surface area contributed by atoms with Crippen LogP contribution >= 0.6 is 0 Å². The van der Waals surface area contributed by atoms with Crippen LogP contribution < -0.4 is 4.31 Å². The quantitative estimate of drug-likeness (QED) is 0.859. The van der Waals surface area contributed by atoms with E-state index in [0.717, 1.165) is 11.6 Å². The summed E-state index contributed by atoms with van der Waals surface area (Å²) in [7, 11) is -6.88. The number of hydrogen-bond donors (Lipinski definition) is 0. The maximum Gasteiger partial charge on any atom is 0.265 e. The molecule has 5 nitrogen and oxygen atoms in total. The van der Waals surface area contributed by atoms with Crippen LogP contribution in [-0.4, -0.2) is 35.4 Å². The molecule has 0 saturated carbocycles. The van der Waals surface area contributed by atoms with Crippen molar-refractivity contribution in [2.75, 3.05) is 22.9 Å². The Morgan fingerprint density at radius 2 is 1.75 bits per heavy atom. The lowest BCUT2D eigenvalue weighted by molar-refractivity contribution is 0.593. The third kappa shape index (κ3) is 1.97. The van der Waals surface area contributed by atoms with E-state index < -0.39 is 19.9 Å². The van der Waals surface area contributed by atoms with Crippen LogP contribution in [-0.2, 0) is 19.9 Å². The van der Waals surface area contributed by atoms with Gasteiger partial charge in [0.15, 0.2) is 0 Å². The Kier molecular flexibility index (Phi) is 2.81. The molecule has 1 aliphatic rings. The Labute approximate surface area is 117 Å². The van der Waals surface area contributed by atoms with Gasteiger partial charge in [0.25, 0.3) is 10.0 Å². The van der Waals surface area contributed by atoms with Crippen molar-refractivity contribution < 1.29 is 16.8 Å². The molecule has 0 aliphatic carbocycles. The first-order valence-electron chi connectivity index (χ1n) is 6.03. The van der Waals surface area contributed by atoms with Crippen molar-refractivity contribution >= 4 is 36.3 Å². The highest BCUT2D eigenvalue weighted by Crippen LogP contribution is 2.41. The van der Waals surface area contributed by atoms with E-state index in [0.29, 0.717) is 11.1 Å². The molecule has 20 heavy (non-hydrogen) atoms. The van der Waals surface area contributed by atoms with Crippen LogP contribution in [0.5, 0.6) is 0 Å². The summed E-state index contributed by atoms with van der Waals surface area (Å²) >= 11 is 0. The van der Waals surface area contributed by atoms with Gasteiger partial charge in [-0.05, 0) is 17.5 Å².